The molecule has 3 heteroatoms. The number of thioether (sulfide) groups is 1. The van der Waals surface area contributed by atoms with E-state index in [4.69, 9.17) is 5.73 Å². The van der Waals surface area contributed by atoms with Crippen molar-refractivity contribution in [1.82, 2.24) is 11.1 Å². The summed E-state index contributed by atoms with van der Waals surface area (Å²) in [6, 6.07) is 0. The van der Waals surface area contributed by atoms with E-state index in [1.54, 1.807) is 11.8 Å². The zero-order valence-electron chi connectivity index (χ0n) is 3.35. The standard InChI is InChI=1S/C3H6N2S/c4-3-5-1-2-6-3/h3,5H,1-2H2. The van der Waals surface area contributed by atoms with Crippen molar-refractivity contribution in [3.63, 3.8) is 0 Å². The van der Waals surface area contributed by atoms with E-state index in [0.717, 1.165) is 12.3 Å². The lowest BCUT2D eigenvalue weighted by atomic mass is 10.8. The van der Waals surface area contributed by atoms with E-state index in [2.05, 4.69) is 5.32 Å². The molecule has 6 heavy (non-hydrogen) atoms. The predicted molar refractivity (Wildman–Crippen MR) is 26.4 cm³/mol. The van der Waals surface area contributed by atoms with E-state index in [0.29, 0.717) is 0 Å². The van der Waals surface area contributed by atoms with Crippen LogP contribution >= 0.6 is 11.8 Å². The molecule has 0 aromatic rings. The predicted octanol–water partition coefficient (Wildman–Crippen LogP) is -0.325. The summed E-state index contributed by atoms with van der Waals surface area (Å²) in [5.74, 6) is 1.04. The number of rotatable bonds is 0. The molecule has 1 rings (SSSR count). The molecular formula is C3H6N2S. The van der Waals surface area contributed by atoms with E-state index in [-0.39, 0.29) is 5.50 Å². The van der Waals surface area contributed by atoms with Gasteiger partial charge in [0.15, 0.2) is 0 Å². The maximum absolute atomic E-state index is 8.58. The molecule has 0 spiro atoms. The summed E-state index contributed by atoms with van der Waals surface area (Å²) in [6.07, 6.45) is 0. The van der Waals surface area contributed by atoms with Gasteiger partial charge in [0.05, 0.1) is 0 Å². The smallest absolute Gasteiger partial charge is 0.139 e. The Balaban J connectivity index is 2.18. The Labute approximate surface area is 41.5 Å². The first-order valence-corrected chi connectivity index (χ1v) is 2.97. The van der Waals surface area contributed by atoms with Crippen LogP contribution in [-0.2, 0) is 0 Å². The fourth-order valence-electron chi connectivity index (χ4n) is 0.412. The minimum atomic E-state index is -0.287. The minimum absolute atomic E-state index is 0.287. The lowest BCUT2D eigenvalue weighted by Crippen LogP contribution is -2.19. The van der Waals surface area contributed by atoms with E-state index in [1.165, 1.54) is 0 Å². The van der Waals surface area contributed by atoms with Crippen molar-refractivity contribution >= 4 is 11.8 Å². The molecule has 1 unspecified atom stereocenters. The molecule has 1 aliphatic rings. The molecule has 34 valence electrons. The molecule has 2 radical (unpaired) electrons. The molecule has 1 heterocycles. The van der Waals surface area contributed by atoms with Crippen molar-refractivity contribution in [2.75, 3.05) is 12.3 Å². The Morgan fingerprint density at radius 2 is 2.67 bits per heavy atom. The SMILES string of the molecule is [N]C1NCCS1. The second kappa shape index (κ2) is 1.82. The molecule has 1 atom stereocenters. The quantitative estimate of drug-likeness (QED) is 0.454. The lowest BCUT2D eigenvalue weighted by Gasteiger charge is -1.90. The Morgan fingerprint density at radius 1 is 1.83 bits per heavy atom. The van der Waals surface area contributed by atoms with Crippen LogP contribution in [-0.4, -0.2) is 17.8 Å². The molecule has 0 aromatic heterocycles. The maximum Gasteiger partial charge on any atom is 0.139 e. The van der Waals surface area contributed by atoms with Crippen LogP contribution in [0, 0.1) is 0 Å². The average molecular weight is 102 g/mol. The first-order chi connectivity index (χ1) is 2.89. The van der Waals surface area contributed by atoms with Gasteiger partial charge < -0.3 is 0 Å². The fraction of sp³-hybridized carbons (Fsp3) is 1.00. The molecule has 0 aliphatic carbocycles. The summed E-state index contributed by atoms with van der Waals surface area (Å²) in [7, 11) is 0. The Hall–Kier alpha value is 0.270. The summed E-state index contributed by atoms with van der Waals surface area (Å²) in [6.45, 7) is 0.950. The maximum atomic E-state index is 8.58. The molecule has 2 nitrogen and oxygen atoms in total. The normalized spacial score (nSPS) is 34.5. The molecule has 0 saturated carbocycles. The van der Waals surface area contributed by atoms with E-state index in [9.17, 15) is 0 Å². The third kappa shape index (κ3) is 0.864. The average Bonchev–Trinajstić information content (AvgIpc) is 1.86. The highest BCUT2D eigenvalue weighted by Gasteiger charge is 2.08. The van der Waals surface area contributed by atoms with Crippen LogP contribution in [0.5, 0.6) is 0 Å². The molecule has 0 bridgehead atoms. The molecule has 1 saturated heterocycles. The van der Waals surface area contributed by atoms with Crippen LogP contribution in [0.4, 0.5) is 0 Å². The van der Waals surface area contributed by atoms with Gasteiger partial charge in [-0.2, -0.15) is 0 Å². The van der Waals surface area contributed by atoms with Gasteiger partial charge in [-0.3, -0.25) is 5.32 Å². The van der Waals surface area contributed by atoms with E-state index >= 15 is 0 Å². The van der Waals surface area contributed by atoms with E-state index in [1.807, 2.05) is 0 Å². The van der Waals surface area contributed by atoms with Gasteiger partial charge in [-0.05, 0) is 0 Å². The van der Waals surface area contributed by atoms with Gasteiger partial charge in [0.25, 0.3) is 0 Å². The zero-order chi connectivity index (χ0) is 4.41. The summed E-state index contributed by atoms with van der Waals surface area (Å²) in [5, 5.41) is 2.84. The van der Waals surface area contributed by atoms with Crippen molar-refractivity contribution < 1.29 is 0 Å². The van der Waals surface area contributed by atoms with Crippen LogP contribution < -0.4 is 11.1 Å². The monoisotopic (exact) mass is 102 g/mol. The zero-order valence-corrected chi connectivity index (χ0v) is 4.16. The second-order valence-corrected chi connectivity index (χ2v) is 2.37. The third-order valence-corrected chi connectivity index (χ3v) is 1.62. The van der Waals surface area contributed by atoms with Crippen molar-refractivity contribution in [3.8, 4) is 0 Å². The van der Waals surface area contributed by atoms with Crippen LogP contribution in [0.1, 0.15) is 0 Å². The van der Waals surface area contributed by atoms with Crippen molar-refractivity contribution in [3.05, 3.63) is 0 Å². The topological polar surface area (TPSA) is 34.3 Å². The highest BCUT2D eigenvalue weighted by Crippen LogP contribution is 2.07. The summed E-state index contributed by atoms with van der Waals surface area (Å²) >= 11 is 1.54. The van der Waals surface area contributed by atoms with Gasteiger partial charge in [-0.25, -0.2) is 0 Å². The molecule has 1 N–H and O–H groups in total. The van der Waals surface area contributed by atoms with Crippen LogP contribution in [0.3, 0.4) is 0 Å². The van der Waals surface area contributed by atoms with Crippen LogP contribution in [0.2, 0.25) is 0 Å². The van der Waals surface area contributed by atoms with Crippen molar-refractivity contribution in [2.45, 2.75) is 5.50 Å². The number of hydrogen-bond donors (Lipinski definition) is 1. The van der Waals surface area contributed by atoms with Gasteiger partial charge in [0, 0.05) is 12.3 Å². The van der Waals surface area contributed by atoms with Gasteiger partial charge in [0.2, 0.25) is 0 Å². The number of nitrogens with one attached hydrogen (secondary N) is 1. The van der Waals surface area contributed by atoms with Crippen LogP contribution in [0.25, 0.3) is 0 Å². The largest absolute Gasteiger partial charge is 0.290 e. The third-order valence-electron chi connectivity index (χ3n) is 0.697. The van der Waals surface area contributed by atoms with E-state index < -0.39 is 0 Å². The summed E-state index contributed by atoms with van der Waals surface area (Å²) in [5.41, 5.74) is 8.29. The second-order valence-electron chi connectivity index (χ2n) is 1.18. The van der Waals surface area contributed by atoms with Gasteiger partial charge in [-0.15, -0.1) is 17.5 Å². The van der Waals surface area contributed by atoms with Gasteiger partial charge >= 0.3 is 0 Å². The highest BCUT2D eigenvalue weighted by atomic mass is 32.2. The number of hydrogen-bond acceptors (Lipinski definition) is 2. The summed E-state index contributed by atoms with van der Waals surface area (Å²) < 4.78 is 0. The lowest BCUT2D eigenvalue weighted by molar-refractivity contribution is 0.721. The highest BCUT2D eigenvalue weighted by molar-refractivity contribution is 8.00. The van der Waals surface area contributed by atoms with Crippen molar-refractivity contribution in [1.29, 1.82) is 0 Å². The Morgan fingerprint density at radius 3 is 2.83 bits per heavy atom. The fourth-order valence-corrected chi connectivity index (χ4v) is 1.11. The van der Waals surface area contributed by atoms with Gasteiger partial charge in [-0.1, -0.05) is 0 Å². The molecule has 1 aliphatic heterocycles. The number of nitrogens with zero attached hydrogens (tertiary/aromatic N) is 1. The Kier molecular flexibility index (Phi) is 1.34. The first-order valence-electron chi connectivity index (χ1n) is 1.92. The van der Waals surface area contributed by atoms with Crippen molar-refractivity contribution in [2.24, 2.45) is 0 Å². The minimum Gasteiger partial charge on any atom is -0.290 e. The summed E-state index contributed by atoms with van der Waals surface area (Å²) in [4.78, 5) is 0. The molecule has 1 fully saturated rings. The van der Waals surface area contributed by atoms with Gasteiger partial charge in [0.1, 0.15) is 5.50 Å². The molecule has 0 aromatic carbocycles. The Bertz CT molecular complexity index is 42.1. The first kappa shape index (κ1) is 4.43. The molecule has 0 amide bonds. The molecular weight excluding hydrogens is 96.1 g/mol. The van der Waals surface area contributed by atoms with Crippen LogP contribution in [0.15, 0.2) is 0 Å².